The quantitative estimate of drug-likeness (QED) is 0.688. The molecule has 0 atom stereocenters. The van der Waals surface area contributed by atoms with Crippen LogP contribution in [-0.2, 0) is 6.42 Å². The number of nitrogens with two attached hydrogens (primary N) is 2. The fourth-order valence-electron chi connectivity index (χ4n) is 2.75. The van der Waals surface area contributed by atoms with Crippen molar-refractivity contribution in [1.29, 1.82) is 0 Å². The standard InChI is InChI=1S/C22H24N4/c1-3-4-16-5-9-18(10-6-16)25-21-14-22(20(24)13-15(21)2)26-19-11-7-17(23)8-12-19/h5-14,25H,2-4,23-24H2,1H3/b26-22-. The van der Waals surface area contributed by atoms with Gasteiger partial charge >= 0.3 is 0 Å². The van der Waals surface area contributed by atoms with Crippen molar-refractivity contribution in [2.45, 2.75) is 19.8 Å². The molecule has 4 nitrogen and oxygen atoms in total. The zero-order valence-corrected chi connectivity index (χ0v) is 15.0. The summed E-state index contributed by atoms with van der Waals surface area (Å²) in [6.45, 7) is 6.27. The molecule has 0 saturated heterocycles. The van der Waals surface area contributed by atoms with Gasteiger partial charge in [-0.15, -0.1) is 0 Å². The van der Waals surface area contributed by atoms with Crippen molar-refractivity contribution >= 4 is 22.8 Å². The lowest BCUT2D eigenvalue weighted by Crippen LogP contribution is -2.17. The number of nitrogens with one attached hydrogen (secondary N) is 1. The highest BCUT2D eigenvalue weighted by atomic mass is 14.9. The molecular weight excluding hydrogens is 320 g/mol. The summed E-state index contributed by atoms with van der Waals surface area (Å²) in [6.07, 6.45) is 6.00. The summed E-state index contributed by atoms with van der Waals surface area (Å²) < 4.78 is 0. The Bertz CT molecular complexity index is 885. The number of hydrogen-bond donors (Lipinski definition) is 3. The summed E-state index contributed by atoms with van der Waals surface area (Å²) in [5, 5.41) is 3.41. The number of aryl methyl sites for hydroxylation is 1. The molecule has 0 aliphatic heterocycles. The Morgan fingerprint density at radius 2 is 1.65 bits per heavy atom. The van der Waals surface area contributed by atoms with Crippen LogP contribution in [0.15, 0.2) is 89.2 Å². The smallest absolute Gasteiger partial charge is 0.0887 e. The lowest BCUT2D eigenvalue weighted by atomic mass is 10.0. The van der Waals surface area contributed by atoms with Crippen LogP contribution < -0.4 is 16.8 Å². The Balaban J connectivity index is 1.83. The molecule has 4 heteroatoms. The van der Waals surface area contributed by atoms with Crippen molar-refractivity contribution in [3.8, 4) is 0 Å². The van der Waals surface area contributed by atoms with Crippen molar-refractivity contribution in [1.82, 2.24) is 0 Å². The van der Waals surface area contributed by atoms with E-state index < -0.39 is 0 Å². The van der Waals surface area contributed by atoms with Crippen molar-refractivity contribution < 1.29 is 0 Å². The third-order valence-corrected chi connectivity index (χ3v) is 4.17. The van der Waals surface area contributed by atoms with E-state index in [1.54, 1.807) is 0 Å². The zero-order chi connectivity index (χ0) is 18.5. The third-order valence-electron chi connectivity index (χ3n) is 4.17. The van der Waals surface area contributed by atoms with Gasteiger partial charge in [-0.3, -0.25) is 0 Å². The van der Waals surface area contributed by atoms with Crippen LogP contribution in [0.25, 0.3) is 0 Å². The predicted molar refractivity (Wildman–Crippen MR) is 112 cm³/mol. The van der Waals surface area contributed by atoms with Crippen molar-refractivity contribution in [3.05, 3.63) is 89.8 Å². The summed E-state index contributed by atoms with van der Waals surface area (Å²) >= 11 is 0. The number of anilines is 2. The molecule has 1 aliphatic carbocycles. The molecule has 5 N–H and O–H groups in total. The summed E-state index contributed by atoms with van der Waals surface area (Å²) in [6, 6.07) is 15.8. The molecule has 0 saturated carbocycles. The van der Waals surface area contributed by atoms with Crippen LogP contribution in [0.4, 0.5) is 17.1 Å². The van der Waals surface area contributed by atoms with Gasteiger partial charge in [-0.2, -0.15) is 0 Å². The maximum atomic E-state index is 6.13. The second-order valence-electron chi connectivity index (χ2n) is 6.34. The number of rotatable bonds is 5. The first-order chi connectivity index (χ1) is 12.5. The van der Waals surface area contributed by atoms with E-state index in [2.05, 4.69) is 48.1 Å². The van der Waals surface area contributed by atoms with Gasteiger partial charge in [0.2, 0.25) is 0 Å². The molecule has 132 valence electrons. The maximum absolute atomic E-state index is 6.13. The number of benzene rings is 2. The molecule has 0 radical (unpaired) electrons. The van der Waals surface area contributed by atoms with Gasteiger partial charge in [0.05, 0.1) is 17.1 Å². The second-order valence-corrected chi connectivity index (χ2v) is 6.34. The lowest BCUT2D eigenvalue weighted by Gasteiger charge is -2.18. The van der Waals surface area contributed by atoms with Crippen LogP contribution in [0.2, 0.25) is 0 Å². The van der Waals surface area contributed by atoms with Gasteiger partial charge < -0.3 is 16.8 Å². The molecule has 0 amide bonds. The van der Waals surface area contributed by atoms with Crippen LogP contribution in [0.3, 0.4) is 0 Å². The minimum atomic E-state index is 0.593. The van der Waals surface area contributed by atoms with Gasteiger partial charge in [0.1, 0.15) is 0 Å². The molecule has 26 heavy (non-hydrogen) atoms. The van der Waals surface area contributed by atoms with E-state index in [-0.39, 0.29) is 0 Å². The molecule has 1 aliphatic rings. The van der Waals surface area contributed by atoms with Crippen molar-refractivity contribution in [3.63, 3.8) is 0 Å². The highest BCUT2D eigenvalue weighted by Crippen LogP contribution is 2.23. The zero-order valence-electron chi connectivity index (χ0n) is 15.0. The van der Waals surface area contributed by atoms with E-state index in [1.165, 1.54) is 5.56 Å². The Morgan fingerprint density at radius 3 is 2.31 bits per heavy atom. The molecule has 3 rings (SSSR count). The van der Waals surface area contributed by atoms with Crippen LogP contribution in [0, 0.1) is 0 Å². The van der Waals surface area contributed by atoms with E-state index in [0.717, 1.165) is 35.5 Å². The SMILES string of the molecule is C=C1C=C(N)/C(=N\c2ccc(N)cc2)C=C1Nc1ccc(CCC)cc1. The first-order valence-electron chi connectivity index (χ1n) is 8.74. The van der Waals surface area contributed by atoms with Gasteiger partial charge in [0, 0.05) is 17.1 Å². The van der Waals surface area contributed by atoms with Gasteiger partial charge in [-0.05, 0) is 66.1 Å². The summed E-state index contributed by atoms with van der Waals surface area (Å²) in [5.41, 5.74) is 18.7. The van der Waals surface area contributed by atoms with E-state index in [0.29, 0.717) is 17.1 Å². The van der Waals surface area contributed by atoms with Crippen LogP contribution >= 0.6 is 0 Å². The minimum Gasteiger partial charge on any atom is -0.399 e. The van der Waals surface area contributed by atoms with Gasteiger partial charge in [-0.1, -0.05) is 32.1 Å². The van der Waals surface area contributed by atoms with Crippen LogP contribution in [-0.4, -0.2) is 5.71 Å². The first-order valence-corrected chi connectivity index (χ1v) is 8.74. The lowest BCUT2D eigenvalue weighted by molar-refractivity contribution is 0.922. The van der Waals surface area contributed by atoms with Crippen molar-refractivity contribution in [2.75, 3.05) is 11.1 Å². The second kappa shape index (κ2) is 7.74. The molecule has 0 bridgehead atoms. The molecule has 0 aromatic heterocycles. The predicted octanol–water partition coefficient (Wildman–Crippen LogP) is 4.70. The highest BCUT2D eigenvalue weighted by Gasteiger charge is 2.13. The summed E-state index contributed by atoms with van der Waals surface area (Å²) in [7, 11) is 0. The Hall–Kier alpha value is -3.27. The first kappa shape index (κ1) is 17.5. The fourth-order valence-corrected chi connectivity index (χ4v) is 2.75. The Morgan fingerprint density at radius 1 is 0.962 bits per heavy atom. The molecule has 0 unspecified atom stereocenters. The molecule has 0 heterocycles. The maximum Gasteiger partial charge on any atom is 0.0887 e. The number of hydrogen-bond acceptors (Lipinski definition) is 4. The average Bonchev–Trinajstić information content (AvgIpc) is 2.63. The van der Waals surface area contributed by atoms with Crippen LogP contribution in [0.5, 0.6) is 0 Å². The number of allylic oxidation sites excluding steroid dienone is 2. The highest BCUT2D eigenvalue weighted by molar-refractivity contribution is 6.11. The van der Waals surface area contributed by atoms with E-state index in [1.807, 2.05) is 36.4 Å². The average molecular weight is 344 g/mol. The van der Waals surface area contributed by atoms with E-state index >= 15 is 0 Å². The van der Waals surface area contributed by atoms with Gasteiger partial charge in [0.25, 0.3) is 0 Å². The minimum absolute atomic E-state index is 0.593. The number of nitrogens with zero attached hydrogens (tertiary/aromatic N) is 1. The summed E-state index contributed by atoms with van der Waals surface area (Å²) in [5.74, 6) is 0. The Kier molecular flexibility index (Phi) is 5.23. The van der Waals surface area contributed by atoms with Crippen LogP contribution in [0.1, 0.15) is 18.9 Å². The monoisotopic (exact) mass is 344 g/mol. The molecule has 0 fully saturated rings. The van der Waals surface area contributed by atoms with Gasteiger partial charge in [-0.25, -0.2) is 4.99 Å². The molecule has 2 aromatic carbocycles. The van der Waals surface area contributed by atoms with E-state index in [4.69, 9.17) is 11.5 Å². The number of nitrogen functional groups attached to an aromatic ring is 1. The molecule has 0 spiro atoms. The molecule has 2 aromatic rings. The molecular formula is C22H24N4. The number of aliphatic imine (C=N–C) groups is 1. The van der Waals surface area contributed by atoms with Gasteiger partial charge in [0.15, 0.2) is 0 Å². The third kappa shape index (κ3) is 4.22. The topological polar surface area (TPSA) is 76.4 Å². The largest absolute Gasteiger partial charge is 0.399 e. The Labute approximate surface area is 154 Å². The van der Waals surface area contributed by atoms with E-state index in [9.17, 15) is 0 Å². The summed E-state index contributed by atoms with van der Waals surface area (Å²) in [4.78, 5) is 4.62. The normalized spacial score (nSPS) is 15.6. The fraction of sp³-hybridized carbons (Fsp3) is 0.136. The van der Waals surface area contributed by atoms with Crippen molar-refractivity contribution in [2.24, 2.45) is 10.7 Å².